The third-order valence-electron chi connectivity index (χ3n) is 4.08. The van der Waals surface area contributed by atoms with Crippen LogP contribution in [0.25, 0.3) is 0 Å². The lowest BCUT2D eigenvalue weighted by Crippen LogP contribution is -2.37. The SMILES string of the molecule is CCN1c2cc(C(F)(F)F)ccc2CC1CC(C)NC. The molecule has 0 saturated carbocycles. The number of likely N-dealkylation sites (N-methyl/N-ethyl adjacent to an activating group) is 1. The molecule has 1 N–H and O–H groups in total. The fourth-order valence-corrected chi connectivity index (χ4v) is 2.91. The van der Waals surface area contributed by atoms with E-state index in [2.05, 4.69) is 17.1 Å². The van der Waals surface area contributed by atoms with Gasteiger partial charge < -0.3 is 10.2 Å². The summed E-state index contributed by atoms with van der Waals surface area (Å²) in [5.74, 6) is 0. The normalized spacial score (nSPS) is 20.1. The van der Waals surface area contributed by atoms with Gasteiger partial charge in [-0.2, -0.15) is 13.2 Å². The van der Waals surface area contributed by atoms with Crippen LogP contribution in [0.4, 0.5) is 18.9 Å². The minimum atomic E-state index is -4.27. The number of fused-ring (bicyclic) bond motifs is 1. The Morgan fingerprint density at radius 2 is 2.10 bits per heavy atom. The third-order valence-corrected chi connectivity index (χ3v) is 4.08. The van der Waals surface area contributed by atoms with Crippen LogP contribution in [0.2, 0.25) is 0 Å². The molecule has 1 aliphatic heterocycles. The molecular formula is C15H21F3N2. The molecule has 2 atom stereocenters. The number of benzene rings is 1. The second-order valence-electron chi connectivity index (χ2n) is 5.41. The second-order valence-corrected chi connectivity index (χ2v) is 5.41. The summed E-state index contributed by atoms with van der Waals surface area (Å²) in [5, 5.41) is 3.19. The van der Waals surface area contributed by atoms with Gasteiger partial charge in [0, 0.05) is 24.3 Å². The second kappa shape index (κ2) is 5.64. The first-order valence-corrected chi connectivity index (χ1v) is 7.00. The van der Waals surface area contributed by atoms with Gasteiger partial charge in [-0.15, -0.1) is 0 Å². The standard InChI is InChI=1S/C15H21F3N2/c1-4-20-13(7-10(2)19-3)8-11-5-6-12(9-14(11)20)15(16,17)18/h5-6,9-10,13,19H,4,7-8H2,1-3H3. The Labute approximate surface area is 118 Å². The Hall–Kier alpha value is -1.23. The first-order chi connectivity index (χ1) is 9.36. The molecule has 0 bridgehead atoms. The first-order valence-electron chi connectivity index (χ1n) is 7.00. The van der Waals surface area contributed by atoms with E-state index in [4.69, 9.17) is 0 Å². The minimum Gasteiger partial charge on any atom is -0.368 e. The van der Waals surface area contributed by atoms with E-state index in [1.54, 1.807) is 6.07 Å². The van der Waals surface area contributed by atoms with Crippen LogP contribution in [0.3, 0.4) is 0 Å². The molecule has 0 saturated heterocycles. The summed E-state index contributed by atoms with van der Waals surface area (Å²) in [4.78, 5) is 2.10. The largest absolute Gasteiger partial charge is 0.416 e. The molecule has 1 aromatic rings. The summed E-state index contributed by atoms with van der Waals surface area (Å²) in [6.45, 7) is 4.82. The average molecular weight is 286 g/mol. The highest BCUT2D eigenvalue weighted by molar-refractivity contribution is 5.61. The van der Waals surface area contributed by atoms with E-state index in [1.807, 2.05) is 14.0 Å². The Kier molecular flexibility index (Phi) is 4.28. The summed E-state index contributed by atoms with van der Waals surface area (Å²) in [5.41, 5.74) is 1.21. The summed E-state index contributed by atoms with van der Waals surface area (Å²) < 4.78 is 38.5. The maximum absolute atomic E-state index is 12.8. The molecule has 1 aromatic carbocycles. The number of nitrogens with one attached hydrogen (secondary N) is 1. The Morgan fingerprint density at radius 1 is 1.40 bits per heavy atom. The summed E-state index contributed by atoms with van der Waals surface area (Å²) >= 11 is 0. The molecule has 5 heteroatoms. The van der Waals surface area contributed by atoms with Gasteiger partial charge in [0.1, 0.15) is 0 Å². The van der Waals surface area contributed by atoms with E-state index in [0.717, 1.165) is 30.6 Å². The van der Waals surface area contributed by atoms with Crippen molar-refractivity contribution in [3.63, 3.8) is 0 Å². The van der Waals surface area contributed by atoms with Crippen LogP contribution in [-0.4, -0.2) is 25.7 Å². The minimum absolute atomic E-state index is 0.279. The predicted octanol–water partition coefficient (Wildman–Crippen LogP) is 3.45. The molecule has 0 spiro atoms. The molecule has 0 aliphatic carbocycles. The Bertz CT molecular complexity index is 471. The van der Waals surface area contributed by atoms with Crippen LogP contribution >= 0.6 is 0 Å². The Balaban J connectivity index is 2.27. The quantitative estimate of drug-likeness (QED) is 0.912. The lowest BCUT2D eigenvalue weighted by Gasteiger charge is -2.28. The number of rotatable bonds is 4. The third kappa shape index (κ3) is 2.92. The van der Waals surface area contributed by atoms with E-state index >= 15 is 0 Å². The number of hydrogen-bond acceptors (Lipinski definition) is 2. The summed E-state index contributed by atoms with van der Waals surface area (Å²) in [6.07, 6.45) is -2.52. The zero-order valence-electron chi connectivity index (χ0n) is 12.1. The smallest absolute Gasteiger partial charge is 0.368 e. The van der Waals surface area contributed by atoms with E-state index < -0.39 is 11.7 Å². The van der Waals surface area contributed by atoms with E-state index in [0.29, 0.717) is 6.04 Å². The lowest BCUT2D eigenvalue weighted by molar-refractivity contribution is -0.137. The van der Waals surface area contributed by atoms with Gasteiger partial charge in [-0.05, 0) is 51.4 Å². The first kappa shape index (κ1) is 15.2. The zero-order chi connectivity index (χ0) is 14.9. The summed E-state index contributed by atoms with van der Waals surface area (Å²) in [7, 11) is 1.91. The van der Waals surface area contributed by atoms with Crippen molar-refractivity contribution >= 4 is 5.69 Å². The van der Waals surface area contributed by atoms with E-state index in [9.17, 15) is 13.2 Å². The predicted molar refractivity (Wildman–Crippen MR) is 75.1 cm³/mol. The highest BCUT2D eigenvalue weighted by atomic mass is 19.4. The number of nitrogens with zero attached hydrogens (tertiary/aromatic N) is 1. The highest BCUT2D eigenvalue weighted by Gasteiger charge is 2.35. The molecule has 2 nitrogen and oxygen atoms in total. The van der Waals surface area contributed by atoms with Gasteiger partial charge in [0.25, 0.3) is 0 Å². The van der Waals surface area contributed by atoms with Gasteiger partial charge in [0.05, 0.1) is 5.56 Å². The van der Waals surface area contributed by atoms with Gasteiger partial charge in [-0.3, -0.25) is 0 Å². The fourth-order valence-electron chi connectivity index (χ4n) is 2.91. The van der Waals surface area contributed by atoms with Crippen molar-refractivity contribution in [2.24, 2.45) is 0 Å². The molecule has 1 aliphatic rings. The van der Waals surface area contributed by atoms with Crippen LogP contribution in [0.1, 0.15) is 31.4 Å². The van der Waals surface area contributed by atoms with Crippen LogP contribution in [0.5, 0.6) is 0 Å². The van der Waals surface area contributed by atoms with Crippen molar-refractivity contribution < 1.29 is 13.2 Å². The molecule has 1 heterocycles. The van der Waals surface area contributed by atoms with Gasteiger partial charge in [-0.25, -0.2) is 0 Å². The molecule has 0 fully saturated rings. The molecule has 2 rings (SSSR count). The maximum Gasteiger partial charge on any atom is 0.416 e. The van der Waals surface area contributed by atoms with Crippen molar-refractivity contribution in [2.45, 2.75) is 44.9 Å². The topological polar surface area (TPSA) is 15.3 Å². The number of hydrogen-bond donors (Lipinski definition) is 1. The molecule has 0 radical (unpaired) electrons. The van der Waals surface area contributed by atoms with E-state index in [-0.39, 0.29) is 6.04 Å². The lowest BCUT2D eigenvalue weighted by atomic mass is 10.0. The van der Waals surface area contributed by atoms with E-state index in [1.165, 1.54) is 12.1 Å². The van der Waals surface area contributed by atoms with Gasteiger partial charge in [-0.1, -0.05) is 6.07 Å². The van der Waals surface area contributed by atoms with Crippen molar-refractivity contribution in [3.05, 3.63) is 29.3 Å². The molecule has 0 aromatic heterocycles. The highest BCUT2D eigenvalue weighted by Crippen LogP contribution is 2.38. The fraction of sp³-hybridized carbons (Fsp3) is 0.600. The molecule has 20 heavy (non-hydrogen) atoms. The van der Waals surface area contributed by atoms with Crippen molar-refractivity contribution in [2.75, 3.05) is 18.5 Å². The number of anilines is 1. The van der Waals surface area contributed by atoms with Crippen LogP contribution < -0.4 is 10.2 Å². The maximum atomic E-state index is 12.8. The van der Waals surface area contributed by atoms with Gasteiger partial charge in [0.15, 0.2) is 0 Å². The van der Waals surface area contributed by atoms with Crippen molar-refractivity contribution in [3.8, 4) is 0 Å². The Morgan fingerprint density at radius 3 is 2.65 bits per heavy atom. The van der Waals surface area contributed by atoms with Gasteiger partial charge in [0.2, 0.25) is 0 Å². The molecule has 0 amide bonds. The average Bonchev–Trinajstić information content (AvgIpc) is 2.73. The zero-order valence-corrected chi connectivity index (χ0v) is 12.1. The van der Waals surface area contributed by atoms with Gasteiger partial charge >= 0.3 is 6.18 Å². The molecule has 2 unspecified atom stereocenters. The monoisotopic (exact) mass is 286 g/mol. The number of alkyl halides is 3. The molecule has 112 valence electrons. The van der Waals surface area contributed by atoms with Crippen LogP contribution in [0, 0.1) is 0 Å². The molecular weight excluding hydrogens is 265 g/mol. The number of halogens is 3. The van der Waals surface area contributed by atoms with Crippen molar-refractivity contribution in [1.29, 1.82) is 0 Å². The van der Waals surface area contributed by atoms with Crippen LogP contribution in [0.15, 0.2) is 18.2 Å². The van der Waals surface area contributed by atoms with Crippen molar-refractivity contribution in [1.82, 2.24) is 5.32 Å². The summed E-state index contributed by atoms with van der Waals surface area (Å²) in [6, 6.07) is 4.75. The van der Waals surface area contributed by atoms with Crippen LogP contribution in [-0.2, 0) is 12.6 Å².